The van der Waals surface area contributed by atoms with Gasteiger partial charge in [0.2, 0.25) is 0 Å². The van der Waals surface area contributed by atoms with Crippen molar-refractivity contribution < 1.29 is 18.0 Å². The highest BCUT2D eigenvalue weighted by Crippen LogP contribution is 2.33. The largest absolute Gasteiger partial charge is 0.416 e. The third-order valence-corrected chi connectivity index (χ3v) is 2.77. The van der Waals surface area contributed by atoms with Crippen molar-refractivity contribution in [2.24, 2.45) is 0 Å². The monoisotopic (exact) mass is 359 g/mol. The number of benzene rings is 1. The molecule has 0 aliphatic heterocycles. The van der Waals surface area contributed by atoms with Crippen molar-refractivity contribution in [1.29, 1.82) is 5.26 Å². The molecule has 2 nitrogen and oxygen atoms in total. The zero-order valence-corrected chi connectivity index (χ0v) is 10.3. The SMILES string of the molecule is N#Cc1cc(C(F)(F)F)cc(I)c1C(=O)Cl. The Labute approximate surface area is 107 Å². The summed E-state index contributed by atoms with van der Waals surface area (Å²) in [5.74, 6) is 0. The van der Waals surface area contributed by atoms with Crippen LogP contribution in [-0.2, 0) is 6.18 Å². The van der Waals surface area contributed by atoms with Gasteiger partial charge in [0.05, 0.1) is 22.8 Å². The van der Waals surface area contributed by atoms with E-state index in [0.717, 1.165) is 6.07 Å². The Morgan fingerprint density at radius 2 is 2.00 bits per heavy atom. The molecule has 0 heterocycles. The molecule has 0 unspecified atom stereocenters. The fraction of sp³-hybridized carbons (Fsp3) is 0.111. The zero-order chi connectivity index (χ0) is 12.5. The number of hydrogen-bond acceptors (Lipinski definition) is 2. The Hall–Kier alpha value is -0.810. The Morgan fingerprint density at radius 3 is 2.38 bits per heavy atom. The fourth-order valence-electron chi connectivity index (χ4n) is 1.06. The minimum Gasteiger partial charge on any atom is -0.276 e. The highest BCUT2D eigenvalue weighted by atomic mass is 127. The Kier molecular flexibility index (Phi) is 3.80. The van der Waals surface area contributed by atoms with Gasteiger partial charge in [0.1, 0.15) is 0 Å². The van der Waals surface area contributed by atoms with Crippen LogP contribution in [0.3, 0.4) is 0 Å². The lowest BCUT2D eigenvalue weighted by Gasteiger charge is -2.09. The van der Waals surface area contributed by atoms with Gasteiger partial charge in [-0.15, -0.1) is 0 Å². The minimum atomic E-state index is -4.56. The molecule has 7 heteroatoms. The summed E-state index contributed by atoms with van der Waals surface area (Å²) in [6, 6.07) is 2.90. The van der Waals surface area contributed by atoms with Crippen LogP contribution in [0.25, 0.3) is 0 Å². The zero-order valence-electron chi connectivity index (χ0n) is 7.40. The van der Waals surface area contributed by atoms with Crippen molar-refractivity contribution >= 4 is 39.4 Å². The molecule has 0 saturated carbocycles. The molecule has 16 heavy (non-hydrogen) atoms. The maximum atomic E-state index is 12.4. The summed E-state index contributed by atoms with van der Waals surface area (Å²) in [6.45, 7) is 0. The first-order chi connectivity index (χ1) is 7.27. The number of rotatable bonds is 1. The quantitative estimate of drug-likeness (QED) is 0.568. The van der Waals surface area contributed by atoms with E-state index in [1.54, 1.807) is 0 Å². The van der Waals surface area contributed by atoms with Crippen molar-refractivity contribution in [2.45, 2.75) is 6.18 Å². The third-order valence-electron chi connectivity index (χ3n) is 1.73. The van der Waals surface area contributed by atoms with E-state index >= 15 is 0 Å². The number of hydrogen-bond donors (Lipinski definition) is 0. The van der Waals surface area contributed by atoms with Gasteiger partial charge in [0.25, 0.3) is 5.24 Å². The average molecular weight is 359 g/mol. The van der Waals surface area contributed by atoms with E-state index in [-0.39, 0.29) is 14.7 Å². The van der Waals surface area contributed by atoms with Crippen molar-refractivity contribution in [3.8, 4) is 6.07 Å². The lowest BCUT2D eigenvalue weighted by molar-refractivity contribution is -0.137. The first-order valence-electron chi connectivity index (χ1n) is 3.78. The highest BCUT2D eigenvalue weighted by Gasteiger charge is 2.32. The van der Waals surface area contributed by atoms with Gasteiger partial charge in [-0.2, -0.15) is 18.4 Å². The number of nitrogens with zero attached hydrogens (tertiary/aromatic N) is 1. The molecular weight excluding hydrogens is 357 g/mol. The predicted octanol–water partition coefficient (Wildman–Crippen LogP) is 3.56. The summed E-state index contributed by atoms with van der Waals surface area (Å²) in [4.78, 5) is 10.9. The highest BCUT2D eigenvalue weighted by molar-refractivity contribution is 14.1. The fourth-order valence-corrected chi connectivity index (χ4v) is 2.29. The second kappa shape index (κ2) is 4.59. The molecule has 0 radical (unpaired) electrons. The molecule has 0 bridgehead atoms. The molecule has 0 aliphatic rings. The molecular formula is C9H2ClF3INO. The smallest absolute Gasteiger partial charge is 0.276 e. The molecule has 0 aliphatic carbocycles. The Morgan fingerprint density at radius 1 is 1.44 bits per heavy atom. The molecule has 0 atom stereocenters. The normalized spacial score (nSPS) is 11.0. The van der Waals surface area contributed by atoms with Gasteiger partial charge in [0.15, 0.2) is 0 Å². The van der Waals surface area contributed by atoms with Crippen molar-refractivity contribution in [3.05, 3.63) is 32.4 Å². The number of carbonyl (C=O) groups is 1. The van der Waals surface area contributed by atoms with Crippen LogP contribution in [0.2, 0.25) is 0 Å². The van der Waals surface area contributed by atoms with Crippen LogP contribution < -0.4 is 0 Å². The summed E-state index contributed by atoms with van der Waals surface area (Å²) in [6.07, 6.45) is -4.56. The summed E-state index contributed by atoms with van der Waals surface area (Å²) < 4.78 is 37.2. The third kappa shape index (κ3) is 2.65. The maximum Gasteiger partial charge on any atom is 0.416 e. The van der Waals surface area contributed by atoms with E-state index in [9.17, 15) is 18.0 Å². The van der Waals surface area contributed by atoms with Crippen molar-refractivity contribution in [3.63, 3.8) is 0 Å². The van der Waals surface area contributed by atoms with Gasteiger partial charge in [-0.1, -0.05) is 0 Å². The average Bonchev–Trinajstić information content (AvgIpc) is 2.14. The van der Waals surface area contributed by atoms with Gasteiger partial charge in [-0.25, -0.2) is 0 Å². The molecule has 1 aromatic carbocycles. The number of nitriles is 1. The second-order valence-electron chi connectivity index (χ2n) is 2.76. The van der Waals surface area contributed by atoms with Gasteiger partial charge in [0, 0.05) is 3.57 Å². The van der Waals surface area contributed by atoms with Crippen molar-refractivity contribution in [2.75, 3.05) is 0 Å². The van der Waals surface area contributed by atoms with E-state index in [1.165, 1.54) is 28.7 Å². The topological polar surface area (TPSA) is 40.9 Å². The van der Waals surface area contributed by atoms with Gasteiger partial charge < -0.3 is 0 Å². The van der Waals surface area contributed by atoms with E-state index in [2.05, 4.69) is 0 Å². The lowest BCUT2D eigenvalue weighted by Crippen LogP contribution is -2.09. The van der Waals surface area contributed by atoms with Crippen LogP contribution in [0.4, 0.5) is 13.2 Å². The van der Waals surface area contributed by atoms with E-state index in [4.69, 9.17) is 16.9 Å². The first-order valence-corrected chi connectivity index (χ1v) is 5.23. The molecule has 0 saturated heterocycles. The summed E-state index contributed by atoms with van der Waals surface area (Å²) in [5.41, 5.74) is -1.55. The Balaban J connectivity index is 3.52. The van der Waals surface area contributed by atoms with Crippen LogP contribution in [0.1, 0.15) is 21.5 Å². The molecule has 0 fully saturated rings. The Bertz CT molecular complexity index is 493. The first kappa shape index (κ1) is 13.3. The van der Waals surface area contributed by atoms with E-state index in [0.29, 0.717) is 6.07 Å². The number of halogens is 5. The summed E-state index contributed by atoms with van der Waals surface area (Å²) in [7, 11) is 0. The molecule has 0 spiro atoms. The molecule has 84 valence electrons. The predicted molar refractivity (Wildman–Crippen MR) is 59.1 cm³/mol. The lowest BCUT2D eigenvalue weighted by atomic mass is 10.1. The number of carbonyl (C=O) groups excluding carboxylic acids is 1. The maximum absolute atomic E-state index is 12.4. The van der Waals surface area contributed by atoms with Crippen LogP contribution in [0.15, 0.2) is 12.1 Å². The van der Waals surface area contributed by atoms with E-state index < -0.39 is 17.0 Å². The van der Waals surface area contributed by atoms with Crippen LogP contribution >= 0.6 is 34.2 Å². The summed E-state index contributed by atoms with van der Waals surface area (Å²) >= 11 is 6.72. The number of alkyl halides is 3. The minimum absolute atomic E-state index is 0.00368. The standard InChI is InChI=1S/C9H2ClF3INO/c10-8(16)7-4(3-15)1-5(2-6(7)14)9(11,12)13/h1-2H. The van der Waals surface area contributed by atoms with Gasteiger partial charge in [-0.05, 0) is 46.3 Å². The van der Waals surface area contributed by atoms with Crippen LogP contribution in [0.5, 0.6) is 0 Å². The van der Waals surface area contributed by atoms with Crippen LogP contribution in [0, 0.1) is 14.9 Å². The van der Waals surface area contributed by atoms with Gasteiger partial charge in [-0.3, -0.25) is 4.79 Å². The molecule has 1 aromatic rings. The second-order valence-corrected chi connectivity index (χ2v) is 4.27. The van der Waals surface area contributed by atoms with Crippen molar-refractivity contribution in [1.82, 2.24) is 0 Å². The summed E-state index contributed by atoms with van der Waals surface area (Å²) in [5, 5.41) is 7.70. The van der Waals surface area contributed by atoms with E-state index in [1.807, 2.05) is 0 Å². The van der Waals surface area contributed by atoms with Gasteiger partial charge >= 0.3 is 6.18 Å². The molecule has 0 amide bonds. The molecule has 0 aromatic heterocycles. The molecule has 0 N–H and O–H groups in total. The van der Waals surface area contributed by atoms with Crippen LogP contribution in [-0.4, -0.2) is 5.24 Å². The molecule has 1 rings (SSSR count).